The van der Waals surface area contributed by atoms with Gasteiger partial charge in [-0.3, -0.25) is 9.59 Å². The van der Waals surface area contributed by atoms with Gasteiger partial charge in [0.1, 0.15) is 24.4 Å². The lowest BCUT2D eigenvalue weighted by Gasteiger charge is -2.40. The van der Waals surface area contributed by atoms with Gasteiger partial charge in [0.05, 0.1) is 12.2 Å². The number of nitrogens with one attached hydrogen (secondary N) is 1. The minimum absolute atomic E-state index is 0.0811. The van der Waals surface area contributed by atoms with Crippen LogP contribution >= 0.6 is 0 Å². The maximum absolute atomic E-state index is 12.0. The highest BCUT2D eigenvalue weighted by Crippen LogP contribution is 2.28. The van der Waals surface area contributed by atoms with E-state index in [1.54, 1.807) is 24.3 Å². The fourth-order valence-electron chi connectivity index (χ4n) is 3.24. The lowest BCUT2D eigenvalue weighted by molar-refractivity contribution is -0.245. The van der Waals surface area contributed by atoms with Crippen LogP contribution in [-0.2, 0) is 20.7 Å². The van der Waals surface area contributed by atoms with Crippen LogP contribution < -0.4 is 5.32 Å². The average Bonchev–Trinajstić information content (AvgIpc) is 2.60. The zero-order valence-electron chi connectivity index (χ0n) is 14.1. The Labute approximate surface area is 149 Å². The number of anilines is 1. The number of benzene rings is 1. The van der Waals surface area contributed by atoms with Crippen molar-refractivity contribution < 1.29 is 34.8 Å². The van der Waals surface area contributed by atoms with Crippen LogP contribution in [0.5, 0.6) is 0 Å². The number of ketones is 2. The first-order valence-corrected chi connectivity index (χ1v) is 8.27. The largest absolute Gasteiger partial charge is 0.394 e. The number of aliphatic hydroxyl groups is 4. The first-order valence-electron chi connectivity index (χ1n) is 8.27. The van der Waals surface area contributed by atoms with E-state index in [9.17, 15) is 24.9 Å². The summed E-state index contributed by atoms with van der Waals surface area (Å²) in [6.45, 7) is 0.815. The van der Waals surface area contributed by atoms with Gasteiger partial charge in [-0.15, -0.1) is 0 Å². The predicted octanol–water partition coefficient (Wildman–Crippen LogP) is -1.00. The van der Waals surface area contributed by atoms with Crippen LogP contribution in [0.3, 0.4) is 0 Å². The van der Waals surface area contributed by atoms with Crippen molar-refractivity contribution in [2.45, 2.75) is 44.0 Å². The number of aliphatic hydroxyl groups excluding tert-OH is 4. The lowest BCUT2D eigenvalue weighted by Crippen LogP contribution is -2.61. The number of carbonyl (C=O) groups excluding carboxylic acids is 2. The average molecular weight is 363 g/mol. The Hall–Kier alpha value is -2.10. The normalized spacial score (nSPS) is 31.2. The van der Waals surface area contributed by atoms with Gasteiger partial charge in [0, 0.05) is 12.1 Å². The van der Waals surface area contributed by atoms with Gasteiger partial charge in [0.2, 0.25) is 0 Å². The van der Waals surface area contributed by atoms with E-state index in [-0.39, 0.29) is 23.6 Å². The van der Waals surface area contributed by atoms with E-state index in [1.165, 1.54) is 6.92 Å². The molecule has 8 nitrogen and oxygen atoms in total. The zero-order chi connectivity index (χ0) is 19.0. The molecule has 140 valence electrons. The second kappa shape index (κ2) is 7.26. The highest BCUT2D eigenvalue weighted by atomic mass is 16.6. The molecule has 0 bridgehead atoms. The maximum atomic E-state index is 12.0. The first kappa shape index (κ1) is 18.7. The van der Waals surface area contributed by atoms with Crippen molar-refractivity contribution in [3.63, 3.8) is 0 Å². The fraction of sp³-hybridized carbons (Fsp3) is 0.444. The summed E-state index contributed by atoms with van der Waals surface area (Å²) in [6.07, 6.45) is -3.60. The van der Waals surface area contributed by atoms with Crippen molar-refractivity contribution in [1.82, 2.24) is 0 Å². The molecular weight excluding hydrogens is 342 g/mol. The van der Waals surface area contributed by atoms with Gasteiger partial charge < -0.3 is 30.5 Å². The van der Waals surface area contributed by atoms with E-state index < -0.39 is 37.3 Å². The molecule has 0 amide bonds. The molecule has 1 saturated heterocycles. The van der Waals surface area contributed by atoms with Gasteiger partial charge >= 0.3 is 0 Å². The van der Waals surface area contributed by atoms with E-state index in [0.29, 0.717) is 11.3 Å². The maximum Gasteiger partial charge on any atom is 0.178 e. The van der Waals surface area contributed by atoms with E-state index in [4.69, 9.17) is 9.84 Å². The minimum Gasteiger partial charge on any atom is -0.394 e. The molecule has 1 aliphatic heterocycles. The SMILES string of the molecule is CC(=O)C1=Cc2ccc(NC3C(O)OC(CO)[C@@H](O)[C@@H]3O)cc2CC1=O. The van der Waals surface area contributed by atoms with Crippen molar-refractivity contribution in [2.75, 3.05) is 11.9 Å². The number of ether oxygens (including phenoxy) is 1. The molecule has 0 spiro atoms. The second-order valence-corrected chi connectivity index (χ2v) is 6.53. The lowest BCUT2D eigenvalue weighted by atomic mass is 9.89. The van der Waals surface area contributed by atoms with Gasteiger partial charge in [-0.05, 0) is 36.3 Å². The molecule has 8 heteroatoms. The first-order chi connectivity index (χ1) is 12.3. The molecule has 5 N–H and O–H groups in total. The third-order valence-corrected chi connectivity index (χ3v) is 4.71. The Morgan fingerprint density at radius 2 is 2.00 bits per heavy atom. The highest BCUT2D eigenvalue weighted by Gasteiger charge is 2.43. The number of fused-ring (bicyclic) bond motifs is 1. The standard InChI is InChI=1S/C18H21NO7/c1-8(21)12-5-9-2-3-11(4-10(9)6-13(12)22)19-15-17(24)16(23)14(7-20)26-18(15)25/h2-5,14-20,23-25H,6-7H2,1H3/t14?,15?,16-,17-,18?/m1/s1. The molecule has 1 aromatic rings. The van der Waals surface area contributed by atoms with Crippen molar-refractivity contribution in [3.05, 3.63) is 34.9 Å². The van der Waals surface area contributed by atoms with E-state index in [2.05, 4.69) is 5.32 Å². The number of allylic oxidation sites excluding steroid dienone is 1. The minimum atomic E-state index is -1.44. The quantitative estimate of drug-likeness (QED) is 0.430. The van der Waals surface area contributed by atoms with Crippen LogP contribution in [0.15, 0.2) is 23.8 Å². The molecule has 2 aliphatic rings. The summed E-state index contributed by atoms with van der Waals surface area (Å²) >= 11 is 0. The van der Waals surface area contributed by atoms with Crippen LogP contribution in [0.4, 0.5) is 5.69 Å². The second-order valence-electron chi connectivity index (χ2n) is 6.53. The molecule has 3 unspecified atom stereocenters. The molecule has 1 aromatic carbocycles. The molecule has 26 heavy (non-hydrogen) atoms. The van der Waals surface area contributed by atoms with Crippen LogP contribution in [0.25, 0.3) is 6.08 Å². The third-order valence-electron chi connectivity index (χ3n) is 4.71. The molecule has 1 aliphatic carbocycles. The van der Waals surface area contributed by atoms with Crippen LogP contribution in [-0.4, -0.2) is 69.2 Å². The van der Waals surface area contributed by atoms with Gasteiger partial charge in [-0.1, -0.05) is 6.07 Å². The molecular formula is C18H21NO7. The number of rotatable bonds is 4. The Kier molecular flexibility index (Phi) is 5.22. The van der Waals surface area contributed by atoms with E-state index >= 15 is 0 Å². The number of hydrogen-bond acceptors (Lipinski definition) is 8. The topological polar surface area (TPSA) is 136 Å². The molecule has 1 heterocycles. The summed E-state index contributed by atoms with van der Waals surface area (Å²) < 4.78 is 5.11. The van der Waals surface area contributed by atoms with Crippen molar-refractivity contribution in [3.8, 4) is 0 Å². The monoisotopic (exact) mass is 363 g/mol. The Morgan fingerprint density at radius 1 is 1.27 bits per heavy atom. The molecule has 0 radical (unpaired) electrons. The summed E-state index contributed by atoms with van der Waals surface area (Å²) in [4.78, 5) is 23.5. The summed E-state index contributed by atoms with van der Waals surface area (Å²) in [5.41, 5.74) is 2.14. The van der Waals surface area contributed by atoms with Gasteiger partial charge in [-0.25, -0.2) is 0 Å². The fourth-order valence-corrected chi connectivity index (χ4v) is 3.24. The predicted molar refractivity (Wildman–Crippen MR) is 91.2 cm³/mol. The van der Waals surface area contributed by atoms with Gasteiger partial charge in [-0.2, -0.15) is 0 Å². The summed E-state index contributed by atoms with van der Waals surface area (Å²) in [6, 6.07) is 4.06. The molecule has 1 fully saturated rings. The Balaban J connectivity index is 1.81. The number of hydrogen-bond donors (Lipinski definition) is 5. The van der Waals surface area contributed by atoms with Gasteiger partial charge in [0.15, 0.2) is 17.9 Å². The Bertz CT molecular complexity index is 760. The van der Waals surface area contributed by atoms with Crippen molar-refractivity contribution >= 4 is 23.3 Å². The Morgan fingerprint density at radius 3 is 2.65 bits per heavy atom. The van der Waals surface area contributed by atoms with E-state index in [1.807, 2.05) is 0 Å². The van der Waals surface area contributed by atoms with Crippen LogP contribution in [0.2, 0.25) is 0 Å². The van der Waals surface area contributed by atoms with Crippen molar-refractivity contribution in [1.29, 1.82) is 0 Å². The smallest absolute Gasteiger partial charge is 0.178 e. The highest BCUT2D eigenvalue weighted by molar-refractivity contribution is 6.24. The molecule has 0 saturated carbocycles. The van der Waals surface area contributed by atoms with Crippen LogP contribution in [0, 0.1) is 0 Å². The third kappa shape index (κ3) is 3.42. The van der Waals surface area contributed by atoms with Crippen LogP contribution in [0.1, 0.15) is 18.1 Å². The molecule has 0 aromatic heterocycles. The summed E-state index contributed by atoms with van der Waals surface area (Å²) in [7, 11) is 0. The summed E-state index contributed by atoms with van der Waals surface area (Å²) in [5, 5.41) is 42.1. The molecule has 5 atom stereocenters. The number of Topliss-reactive ketones (excluding diaryl/α,β-unsaturated/α-hetero) is 2. The van der Waals surface area contributed by atoms with Gasteiger partial charge in [0.25, 0.3) is 0 Å². The van der Waals surface area contributed by atoms with Crippen molar-refractivity contribution in [2.24, 2.45) is 0 Å². The number of carbonyl (C=O) groups is 2. The molecule has 3 rings (SSSR count). The summed E-state index contributed by atoms with van der Waals surface area (Å²) in [5.74, 6) is -0.537. The van der Waals surface area contributed by atoms with E-state index in [0.717, 1.165) is 5.56 Å². The zero-order valence-corrected chi connectivity index (χ0v) is 14.1.